The molecule has 0 radical (unpaired) electrons. The first-order chi connectivity index (χ1) is 10.1. The lowest BCUT2D eigenvalue weighted by Gasteiger charge is -2.47. The highest BCUT2D eigenvalue weighted by atomic mass is 16.5. The van der Waals surface area contributed by atoms with E-state index in [-0.39, 0.29) is 5.91 Å². The van der Waals surface area contributed by atoms with Gasteiger partial charge in [0.1, 0.15) is 5.75 Å². The number of para-hydroxylation sites is 2. The zero-order valence-corrected chi connectivity index (χ0v) is 12.3. The van der Waals surface area contributed by atoms with Gasteiger partial charge in [-0.25, -0.2) is 0 Å². The molecule has 114 valence electrons. The van der Waals surface area contributed by atoms with Crippen LogP contribution >= 0.6 is 0 Å². The number of benzene rings is 1. The van der Waals surface area contributed by atoms with E-state index in [0.29, 0.717) is 43.4 Å². The Balaban J connectivity index is 1.43. The van der Waals surface area contributed by atoms with Crippen molar-refractivity contribution in [3.63, 3.8) is 0 Å². The number of ether oxygens (including phenoxy) is 1. The van der Waals surface area contributed by atoms with Gasteiger partial charge in [-0.2, -0.15) is 0 Å². The van der Waals surface area contributed by atoms with E-state index in [1.807, 2.05) is 24.3 Å². The third-order valence-electron chi connectivity index (χ3n) is 4.37. The maximum Gasteiger partial charge on any atom is 0.225 e. The summed E-state index contributed by atoms with van der Waals surface area (Å²) in [5.74, 6) is 1.13. The summed E-state index contributed by atoms with van der Waals surface area (Å²) in [5.41, 5.74) is 0.224. The van der Waals surface area contributed by atoms with E-state index in [0.717, 1.165) is 12.8 Å². The predicted octanol–water partition coefficient (Wildman–Crippen LogP) is 1.48. The van der Waals surface area contributed by atoms with E-state index in [4.69, 9.17) is 4.74 Å². The number of likely N-dealkylation sites (tertiary alicyclic amines) is 1. The van der Waals surface area contributed by atoms with E-state index >= 15 is 0 Å². The van der Waals surface area contributed by atoms with Gasteiger partial charge < -0.3 is 15.2 Å². The lowest BCUT2D eigenvalue weighted by atomic mass is 9.88. The van der Waals surface area contributed by atoms with E-state index in [2.05, 4.69) is 10.2 Å². The zero-order chi connectivity index (χ0) is 14.9. The first-order valence-electron chi connectivity index (χ1n) is 7.48. The minimum absolute atomic E-state index is 0.0265. The van der Waals surface area contributed by atoms with Crippen molar-refractivity contribution in [2.75, 3.05) is 32.1 Å². The zero-order valence-electron chi connectivity index (χ0n) is 12.3. The second-order valence-corrected chi connectivity index (χ2v) is 6.09. The summed E-state index contributed by atoms with van der Waals surface area (Å²) < 4.78 is 5.21. The lowest BCUT2D eigenvalue weighted by molar-refractivity contribution is -0.124. The molecule has 1 saturated carbocycles. The third-order valence-corrected chi connectivity index (χ3v) is 4.37. The van der Waals surface area contributed by atoms with Gasteiger partial charge in [-0.1, -0.05) is 12.1 Å². The van der Waals surface area contributed by atoms with Crippen molar-refractivity contribution in [1.82, 2.24) is 4.90 Å². The number of nitrogens with zero attached hydrogens (tertiary/aromatic N) is 1. The number of aliphatic hydroxyl groups is 1. The number of carbonyl (C=O) groups is 1. The Hall–Kier alpha value is -1.59. The van der Waals surface area contributed by atoms with E-state index in [1.165, 1.54) is 0 Å². The Kier molecular flexibility index (Phi) is 3.87. The van der Waals surface area contributed by atoms with Gasteiger partial charge in [-0.15, -0.1) is 0 Å². The molecule has 2 N–H and O–H groups in total. The van der Waals surface area contributed by atoms with Crippen molar-refractivity contribution >= 4 is 11.6 Å². The molecule has 5 nitrogen and oxygen atoms in total. The van der Waals surface area contributed by atoms with Gasteiger partial charge in [-0.3, -0.25) is 9.69 Å². The molecule has 0 aromatic heterocycles. The van der Waals surface area contributed by atoms with Crippen LogP contribution in [0.15, 0.2) is 24.3 Å². The smallest absolute Gasteiger partial charge is 0.225 e. The van der Waals surface area contributed by atoms with Crippen LogP contribution in [0.25, 0.3) is 0 Å². The quantitative estimate of drug-likeness (QED) is 0.833. The summed E-state index contributed by atoms with van der Waals surface area (Å²) in [6, 6.07) is 7.38. The standard InChI is InChI=1S/C16H22N2O3/c1-21-14-5-3-2-4-13(14)17-15(19)8-9-18-10-16(20,11-18)12-6-7-12/h2-5,12,20H,6-11H2,1H3,(H,17,19). The van der Waals surface area contributed by atoms with Gasteiger partial charge in [0.15, 0.2) is 0 Å². The minimum atomic E-state index is -0.473. The van der Waals surface area contributed by atoms with E-state index in [9.17, 15) is 9.90 Å². The van der Waals surface area contributed by atoms with Gasteiger partial charge in [0, 0.05) is 26.1 Å². The maximum absolute atomic E-state index is 12.0. The highest BCUT2D eigenvalue weighted by Gasteiger charge is 2.51. The van der Waals surface area contributed by atoms with Gasteiger partial charge >= 0.3 is 0 Å². The monoisotopic (exact) mass is 290 g/mol. The molecule has 5 heteroatoms. The van der Waals surface area contributed by atoms with Crippen LogP contribution in [0, 0.1) is 5.92 Å². The topological polar surface area (TPSA) is 61.8 Å². The fourth-order valence-electron chi connectivity index (χ4n) is 2.99. The summed E-state index contributed by atoms with van der Waals surface area (Å²) >= 11 is 0. The average molecular weight is 290 g/mol. The van der Waals surface area contributed by atoms with Gasteiger partial charge in [0.05, 0.1) is 18.4 Å². The van der Waals surface area contributed by atoms with Crippen LogP contribution in [0.1, 0.15) is 19.3 Å². The molecule has 2 fully saturated rings. The fraction of sp³-hybridized carbons (Fsp3) is 0.562. The number of hydrogen-bond donors (Lipinski definition) is 2. The summed E-state index contributed by atoms with van der Waals surface area (Å²) in [5, 5.41) is 13.1. The number of methoxy groups -OCH3 is 1. The third kappa shape index (κ3) is 3.19. The van der Waals surface area contributed by atoms with Gasteiger partial charge in [-0.05, 0) is 30.9 Å². The highest BCUT2D eigenvalue weighted by molar-refractivity contribution is 5.92. The minimum Gasteiger partial charge on any atom is -0.495 e. The average Bonchev–Trinajstić information content (AvgIpc) is 3.27. The van der Waals surface area contributed by atoms with E-state index in [1.54, 1.807) is 7.11 Å². The molecule has 1 heterocycles. The Bertz CT molecular complexity index is 522. The fourth-order valence-corrected chi connectivity index (χ4v) is 2.99. The highest BCUT2D eigenvalue weighted by Crippen LogP contribution is 2.44. The molecule has 1 aliphatic heterocycles. The molecule has 1 aliphatic carbocycles. The van der Waals surface area contributed by atoms with Crippen LogP contribution in [0.5, 0.6) is 5.75 Å². The maximum atomic E-state index is 12.0. The lowest BCUT2D eigenvalue weighted by Crippen LogP contribution is -2.63. The van der Waals surface area contributed by atoms with Crippen molar-refractivity contribution < 1.29 is 14.6 Å². The van der Waals surface area contributed by atoms with Gasteiger partial charge in [0.2, 0.25) is 5.91 Å². The molecule has 21 heavy (non-hydrogen) atoms. The van der Waals surface area contributed by atoms with Crippen LogP contribution in [0.2, 0.25) is 0 Å². The molecule has 1 amide bonds. The Morgan fingerprint density at radius 3 is 2.81 bits per heavy atom. The second-order valence-electron chi connectivity index (χ2n) is 6.09. The molecule has 1 saturated heterocycles. The predicted molar refractivity (Wildman–Crippen MR) is 80.4 cm³/mol. The van der Waals surface area contributed by atoms with Crippen molar-refractivity contribution in [3.8, 4) is 5.75 Å². The van der Waals surface area contributed by atoms with Crippen LogP contribution in [-0.2, 0) is 4.79 Å². The molecular weight excluding hydrogens is 268 g/mol. The second kappa shape index (κ2) is 5.66. The first kappa shape index (κ1) is 14.4. The normalized spacial score (nSPS) is 20.7. The Morgan fingerprint density at radius 2 is 2.14 bits per heavy atom. The van der Waals surface area contributed by atoms with Crippen LogP contribution < -0.4 is 10.1 Å². The van der Waals surface area contributed by atoms with Crippen LogP contribution in [0.4, 0.5) is 5.69 Å². The number of carbonyl (C=O) groups excluding carboxylic acids is 1. The number of hydrogen-bond acceptors (Lipinski definition) is 4. The Labute approximate surface area is 124 Å². The molecular formula is C16H22N2O3. The molecule has 3 rings (SSSR count). The Morgan fingerprint density at radius 1 is 1.43 bits per heavy atom. The molecule has 1 aromatic rings. The van der Waals surface area contributed by atoms with Crippen LogP contribution in [0.3, 0.4) is 0 Å². The largest absolute Gasteiger partial charge is 0.495 e. The van der Waals surface area contributed by atoms with E-state index < -0.39 is 5.60 Å². The summed E-state index contributed by atoms with van der Waals surface area (Å²) in [6.07, 6.45) is 2.73. The van der Waals surface area contributed by atoms with Crippen molar-refractivity contribution in [3.05, 3.63) is 24.3 Å². The number of amides is 1. The summed E-state index contributed by atoms with van der Waals surface area (Å²) in [6.45, 7) is 2.11. The first-order valence-corrected chi connectivity index (χ1v) is 7.48. The van der Waals surface area contributed by atoms with Crippen molar-refractivity contribution in [2.45, 2.75) is 24.9 Å². The molecule has 0 bridgehead atoms. The molecule has 0 atom stereocenters. The molecule has 0 spiro atoms. The molecule has 0 unspecified atom stereocenters. The van der Waals surface area contributed by atoms with Gasteiger partial charge in [0.25, 0.3) is 0 Å². The molecule has 2 aliphatic rings. The number of β-amino-alcohol motifs (C(OH)–C–C–N with tert-alkyl or cyclic N) is 1. The molecule has 1 aromatic carbocycles. The van der Waals surface area contributed by atoms with Crippen molar-refractivity contribution in [1.29, 1.82) is 0 Å². The number of rotatable bonds is 6. The van der Waals surface area contributed by atoms with Crippen LogP contribution in [-0.4, -0.2) is 48.3 Å². The number of nitrogens with one attached hydrogen (secondary N) is 1. The SMILES string of the molecule is COc1ccccc1NC(=O)CCN1CC(O)(C2CC2)C1. The summed E-state index contributed by atoms with van der Waals surface area (Å²) in [4.78, 5) is 14.1. The van der Waals surface area contributed by atoms with Crippen molar-refractivity contribution in [2.24, 2.45) is 5.92 Å². The summed E-state index contributed by atoms with van der Waals surface area (Å²) in [7, 11) is 1.59. The number of anilines is 1.